The van der Waals surface area contributed by atoms with Crippen LogP contribution in [0.25, 0.3) is 0 Å². The van der Waals surface area contributed by atoms with Crippen LogP contribution in [0.3, 0.4) is 0 Å². The highest BCUT2D eigenvalue weighted by atomic mass is 32.1. The van der Waals surface area contributed by atoms with Crippen molar-refractivity contribution in [3.63, 3.8) is 0 Å². The maximum atomic E-state index is 13.2. The van der Waals surface area contributed by atoms with Crippen molar-refractivity contribution >= 4 is 28.8 Å². The van der Waals surface area contributed by atoms with Gasteiger partial charge in [-0.15, -0.1) is 0 Å². The Morgan fingerprint density at radius 3 is 2.70 bits per heavy atom. The van der Waals surface area contributed by atoms with E-state index in [1.165, 1.54) is 18.6 Å². The summed E-state index contributed by atoms with van der Waals surface area (Å²) in [6.45, 7) is 1.79. The standard InChI is InChI=1S/C14H18FN3OS/c15-10-4-5-12(11(8-10)14(16)20)17-9-13(19)18-6-2-1-3-7-18/h4-5,8,17H,1-3,6-7,9H2,(H2,16,20). The smallest absolute Gasteiger partial charge is 0.241 e. The maximum Gasteiger partial charge on any atom is 0.241 e. The van der Waals surface area contributed by atoms with Crippen molar-refractivity contribution in [1.29, 1.82) is 0 Å². The van der Waals surface area contributed by atoms with Crippen LogP contribution in [-0.2, 0) is 4.79 Å². The molecular formula is C14H18FN3OS. The van der Waals surface area contributed by atoms with Gasteiger partial charge >= 0.3 is 0 Å². The van der Waals surface area contributed by atoms with Gasteiger partial charge in [0.1, 0.15) is 10.8 Å². The van der Waals surface area contributed by atoms with Gasteiger partial charge in [0.25, 0.3) is 0 Å². The lowest BCUT2D eigenvalue weighted by Crippen LogP contribution is -2.39. The molecule has 1 aliphatic heterocycles. The SMILES string of the molecule is NC(=S)c1cc(F)ccc1NCC(=O)N1CCCCC1. The summed E-state index contributed by atoms with van der Waals surface area (Å²) in [6.07, 6.45) is 3.29. The van der Waals surface area contributed by atoms with Crippen LogP contribution in [0.2, 0.25) is 0 Å². The predicted molar refractivity (Wildman–Crippen MR) is 81.2 cm³/mol. The van der Waals surface area contributed by atoms with E-state index in [2.05, 4.69) is 5.32 Å². The third-order valence-corrected chi connectivity index (χ3v) is 3.61. The van der Waals surface area contributed by atoms with E-state index in [1.54, 1.807) is 6.07 Å². The number of hydrogen-bond acceptors (Lipinski definition) is 3. The monoisotopic (exact) mass is 295 g/mol. The van der Waals surface area contributed by atoms with Crippen molar-refractivity contribution in [2.24, 2.45) is 5.73 Å². The first-order valence-corrected chi connectivity index (χ1v) is 7.10. The van der Waals surface area contributed by atoms with Crippen LogP contribution in [0.5, 0.6) is 0 Å². The van der Waals surface area contributed by atoms with Crippen LogP contribution in [0.1, 0.15) is 24.8 Å². The van der Waals surface area contributed by atoms with Crippen molar-refractivity contribution in [2.75, 3.05) is 25.0 Å². The highest BCUT2D eigenvalue weighted by Crippen LogP contribution is 2.17. The molecule has 0 aromatic heterocycles. The van der Waals surface area contributed by atoms with Gasteiger partial charge in [-0.1, -0.05) is 12.2 Å². The number of thiocarbonyl (C=S) groups is 1. The molecule has 3 N–H and O–H groups in total. The number of carbonyl (C=O) groups is 1. The number of hydrogen-bond donors (Lipinski definition) is 2. The highest BCUT2D eigenvalue weighted by molar-refractivity contribution is 7.80. The third kappa shape index (κ3) is 3.66. The minimum atomic E-state index is -0.402. The van der Waals surface area contributed by atoms with Crippen LogP contribution >= 0.6 is 12.2 Å². The van der Waals surface area contributed by atoms with Crippen LogP contribution in [0, 0.1) is 5.82 Å². The summed E-state index contributed by atoms with van der Waals surface area (Å²) in [5.74, 6) is -0.358. The number of rotatable bonds is 4. The second kappa shape index (κ2) is 6.65. The Labute approximate surface area is 123 Å². The average molecular weight is 295 g/mol. The van der Waals surface area contributed by atoms with E-state index in [0.29, 0.717) is 11.3 Å². The molecule has 0 unspecified atom stereocenters. The molecular weight excluding hydrogens is 277 g/mol. The fourth-order valence-electron chi connectivity index (χ4n) is 2.30. The fourth-order valence-corrected chi connectivity index (χ4v) is 2.47. The van der Waals surface area contributed by atoms with Gasteiger partial charge in [-0.2, -0.15) is 0 Å². The quantitative estimate of drug-likeness (QED) is 0.833. The van der Waals surface area contributed by atoms with Gasteiger partial charge in [-0.25, -0.2) is 4.39 Å². The Kier molecular flexibility index (Phi) is 4.89. The molecule has 1 aromatic carbocycles. The van der Waals surface area contributed by atoms with E-state index in [-0.39, 0.29) is 17.4 Å². The number of nitrogens with two attached hydrogens (primary N) is 1. The normalized spacial score (nSPS) is 14.9. The van der Waals surface area contributed by atoms with Gasteiger partial charge in [0.15, 0.2) is 0 Å². The summed E-state index contributed by atoms with van der Waals surface area (Å²) in [5, 5.41) is 2.99. The summed E-state index contributed by atoms with van der Waals surface area (Å²) in [7, 11) is 0. The number of piperidine rings is 1. The van der Waals surface area contributed by atoms with Gasteiger partial charge in [0, 0.05) is 24.3 Å². The molecule has 6 heteroatoms. The van der Waals surface area contributed by atoms with Crippen LogP contribution in [0.4, 0.5) is 10.1 Å². The van der Waals surface area contributed by atoms with Crippen molar-refractivity contribution in [3.05, 3.63) is 29.6 Å². The molecule has 0 saturated carbocycles. The molecule has 0 bridgehead atoms. The number of nitrogens with one attached hydrogen (secondary N) is 1. The molecule has 0 radical (unpaired) electrons. The first-order valence-electron chi connectivity index (χ1n) is 6.69. The summed E-state index contributed by atoms with van der Waals surface area (Å²) >= 11 is 4.89. The Morgan fingerprint density at radius 1 is 1.35 bits per heavy atom. The molecule has 0 spiro atoms. The molecule has 2 rings (SSSR count). The number of benzene rings is 1. The zero-order chi connectivity index (χ0) is 14.5. The second-order valence-electron chi connectivity index (χ2n) is 4.85. The van der Waals surface area contributed by atoms with Gasteiger partial charge < -0.3 is 16.0 Å². The van der Waals surface area contributed by atoms with Gasteiger partial charge in [-0.3, -0.25) is 4.79 Å². The van der Waals surface area contributed by atoms with Crippen molar-refractivity contribution in [2.45, 2.75) is 19.3 Å². The Hall–Kier alpha value is -1.69. The number of amides is 1. The minimum absolute atomic E-state index is 0.0444. The summed E-state index contributed by atoms with van der Waals surface area (Å²) < 4.78 is 13.2. The summed E-state index contributed by atoms with van der Waals surface area (Å²) in [5.41, 5.74) is 6.57. The van der Waals surface area contributed by atoms with Crippen molar-refractivity contribution in [1.82, 2.24) is 4.90 Å². The van der Waals surface area contributed by atoms with E-state index >= 15 is 0 Å². The fraction of sp³-hybridized carbons (Fsp3) is 0.429. The molecule has 1 saturated heterocycles. The summed E-state index contributed by atoms with van der Waals surface area (Å²) in [6, 6.07) is 4.14. The Balaban J connectivity index is 1.99. The molecule has 0 atom stereocenters. The molecule has 4 nitrogen and oxygen atoms in total. The Morgan fingerprint density at radius 2 is 2.05 bits per heavy atom. The van der Waals surface area contributed by atoms with E-state index in [1.807, 2.05) is 4.90 Å². The number of nitrogens with zero attached hydrogens (tertiary/aromatic N) is 1. The van der Waals surface area contributed by atoms with Crippen LogP contribution in [-0.4, -0.2) is 35.4 Å². The Bertz CT molecular complexity index is 515. The lowest BCUT2D eigenvalue weighted by atomic mass is 10.1. The zero-order valence-electron chi connectivity index (χ0n) is 11.2. The average Bonchev–Trinajstić information content (AvgIpc) is 2.46. The molecule has 1 amide bonds. The predicted octanol–water partition coefficient (Wildman–Crippen LogP) is 1.88. The number of likely N-dealkylation sites (tertiary alicyclic amines) is 1. The van der Waals surface area contributed by atoms with Crippen molar-refractivity contribution < 1.29 is 9.18 Å². The number of anilines is 1. The molecule has 0 aliphatic carbocycles. The summed E-state index contributed by atoms with van der Waals surface area (Å²) in [4.78, 5) is 14.0. The van der Waals surface area contributed by atoms with Gasteiger partial charge in [-0.05, 0) is 37.5 Å². The highest BCUT2D eigenvalue weighted by Gasteiger charge is 2.16. The lowest BCUT2D eigenvalue weighted by molar-refractivity contribution is -0.130. The molecule has 1 aliphatic rings. The van der Waals surface area contributed by atoms with Crippen molar-refractivity contribution in [3.8, 4) is 0 Å². The maximum absolute atomic E-state index is 13.2. The first kappa shape index (κ1) is 14.7. The van der Waals surface area contributed by atoms with Crippen LogP contribution < -0.4 is 11.1 Å². The largest absolute Gasteiger partial charge is 0.389 e. The lowest BCUT2D eigenvalue weighted by Gasteiger charge is -2.27. The minimum Gasteiger partial charge on any atom is -0.389 e. The molecule has 1 fully saturated rings. The number of carbonyl (C=O) groups excluding carboxylic acids is 1. The van der Waals surface area contributed by atoms with E-state index < -0.39 is 5.82 Å². The van der Waals surface area contributed by atoms with Gasteiger partial charge in [0.05, 0.1) is 6.54 Å². The molecule has 1 heterocycles. The van der Waals surface area contributed by atoms with E-state index in [9.17, 15) is 9.18 Å². The van der Waals surface area contributed by atoms with Crippen LogP contribution in [0.15, 0.2) is 18.2 Å². The second-order valence-corrected chi connectivity index (χ2v) is 5.29. The molecule has 20 heavy (non-hydrogen) atoms. The van der Waals surface area contributed by atoms with Gasteiger partial charge in [0.2, 0.25) is 5.91 Å². The zero-order valence-corrected chi connectivity index (χ0v) is 12.0. The van der Waals surface area contributed by atoms with E-state index in [4.69, 9.17) is 18.0 Å². The third-order valence-electron chi connectivity index (χ3n) is 3.39. The first-order chi connectivity index (χ1) is 9.58. The molecule has 1 aromatic rings. The molecule has 108 valence electrons. The topological polar surface area (TPSA) is 58.4 Å². The number of halogens is 1. The van der Waals surface area contributed by atoms with E-state index in [0.717, 1.165) is 25.9 Å².